The zero-order valence-corrected chi connectivity index (χ0v) is 15.8. The Balaban J connectivity index is 0.00000196. The number of pyridine rings is 1. The molecular weight excluding hydrogens is 353 g/mol. The number of aromatic nitrogens is 1. The Labute approximate surface area is 159 Å². The molecule has 2 aliphatic heterocycles. The maximum atomic E-state index is 14.7. The average Bonchev–Trinajstić information content (AvgIpc) is 2.87. The highest BCUT2D eigenvalue weighted by atomic mass is 35.5. The number of nitrogens with zero attached hydrogens (tertiary/aromatic N) is 3. The summed E-state index contributed by atoms with van der Waals surface area (Å²) in [5.74, 6) is -0.373. The van der Waals surface area contributed by atoms with Gasteiger partial charge in [-0.25, -0.2) is 4.39 Å². The summed E-state index contributed by atoms with van der Waals surface area (Å²) >= 11 is 0. The first-order valence-corrected chi connectivity index (χ1v) is 8.82. The number of carbonyl (C=O) groups is 1. The van der Waals surface area contributed by atoms with Gasteiger partial charge in [0.2, 0.25) is 5.91 Å². The quantitative estimate of drug-likeness (QED) is 0.794. The highest BCUT2D eigenvalue weighted by molar-refractivity contribution is 6.13. The molecule has 1 saturated heterocycles. The van der Waals surface area contributed by atoms with Crippen molar-refractivity contribution >= 4 is 29.7 Å². The lowest BCUT2D eigenvalue weighted by atomic mass is 9.73. The summed E-state index contributed by atoms with van der Waals surface area (Å²) < 4.78 is 14.7. The van der Waals surface area contributed by atoms with Crippen LogP contribution in [0.15, 0.2) is 42.7 Å². The van der Waals surface area contributed by atoms with Crippen molar-refractivity contribution in [3.8, 4) is 0 Å². The number of amides is 1. The largest absolute Gasteiger partial charge is 0.301 e. The number of likely N-dealkylation sites (tertiary alicyclic amines) is 1. The van der Waals surface area contributed by atoms with Crippen LogP contribution in [0.1, 0.15) is 32.3 Å². The third-order valence-electron chi connectivity index (χ3n) is 5.62. The molecule has 1 fully saturated rings. The molecule has 4 nitrogen and oxygen atoms in total. The number of fused-ring (bicyclic) bond motifs is 2. The van der Waals surface area contributed by atoms with E-state index in [9.17, 15) is 9.18 Å². The van der Waals surface area contributed by atoms with E-state index >= 15 is 0 Å². The van der Waals surface area contributed by atoms with E-state index in [1.165, 1.54) is 11.0 Å². The van der Waals surface area contributed by atoms with E-state index in [1.54, 1.807) is 24.5 Å². The van der Waals surface area contributed by atoms with Gasteiger partial charge in [0.15, 0.2) is 0 Å². The zero-order chi connectivity index (χ0) is 17.6. The molecule has 0 radical (unpaired) electrons. The van der Waals surface area contributed by atoms with Gasteiger partial charge in [-0.3, -0.25) is 14.7 Å². The lowest BCUT2D eigenvalue weighted by Gasteiger charge is -2.40. The van der Waals surface area contributed by atoms with E-state index < -0.39 is 5.41 Å². The summed E-state index contributed by atoms with van der Waals surface area (Å²) in [7, 11) is 0. The van der Waals surface area contributed by atoms with Crippen molar-refractivity contribution in [1.82, 2.24) is 9.88 Å². The van der Waals surface area contributed by atoms with Crippen molar-refractivity contribution in [2.75, 3.05) is 18.0 Å². The summed E-state index contributed by atoms with van der Waals surface area (Å²) in [6, 6.07) is 9.09. The van der Waals surface area contributed by atoms with Crippen LogP contribution in [0.2, 0.25) is 0 Å². The first-order valence-electron chi connectivity index (χ1n) is 8.82. The number of halogens is 2. The maximum Gasteiger partial charge on any atom is 0.242 e. The molecule has 1 spiro atoms. The number of hydrogen-bond donors (Lipinski definition) is 0. The summed E-state index contributed by atoms with van der Waals surface area (Å²) in [6.07, 6.45) is 4.72. The fourth-order valence-corrected chi connectivity index (χ4v) is 4.20. The van der Waals surface area contributed by atoms with Crippen LogP contribution in [0.4, 0.5) is 15.8 Å². The Morgan fingerprint density at radius 2 is 1.88 bits per heavy atom. The Hall–Kier alpha value is -1.98. The smallest absolute Gasteiger partial charge is 0.242 e. The molecule has 0 N–H and O–H groups in total. The molecule has 26 heavy (non-hydrogen) atoms. The van der Waals surface area contributed by atoms with Gasteiger partial charge in [0.1, 0.15) is 5.82 Å². The summed E-state index contributed by atoms with van der Waals surface area (Å²) in [5, 5.41) is 0. The molecule has 0 unspecified atom stereocenters. The first kappa shape index (κ1) is 18.8. The molecule has 2 aliphatic rings. The normalized spacial score (nSPS) is 18.9. The van der Waals surface area contributed by atoms with Gasteiger partial charge in [-0.05, 0) is 63.5 Å². The van der Waals surface area contributed by atoms with Crippen molar-refractivity contribution in [2.45, 2.75) is 38.1 Å². The van der Waals surface area contributed by atoms with Gasteiger partial charge >= 0.3 is 0 Å². The molecule has 0 bridgehead atoms. The molecule has 0 aliphatic carbocycles. The lowest BCUT2D eigenvalue weighted by Crippen LogP contribution is -2.49. The summed E-state index contributed by atoms with van der Waals surface area (Å²) in [5.41, 5.74) is 1.23. The molecule has 1 aromatic heterocycles. The van der Waals surface area contributed by atoms with Crippen LogP contribution in [0, 0.1) is 5.82 Å². The number of rotatable bonds is 2. The Kier molecular flexibility index (Phi) is 5.04. The minimum atomic E-state index is -0.626. The third kappa shape index (κ3) is 2.70. The standard InChI is InChI=1S/C20H22FN3O.ClH/c1-14(2)23-11-8-20(9-12-23)16-6-3-7-17(21)18(16)24(19(20)25)15-5-4-10-22-13-15;/h3-7,10,13-14H,8-9,11-12H2,1-2H3;1H. The minimum Gasteiger partial charge on any atom is -0.301 e. The molecule has 0 atom stereocenters. The van der Waals surface area contributed by atoms with Crippen LogP contribution < -0.4 is 4.90 Å². The Morgan fingerprint density at radius 3 is 2.50 bits per heavy atom. The van der Waals surface area contributed by atoms with Crippen molar-refractivity contribution < 1.29 is 9.18 Å². The van der Waals surface area contributed by atoms with Crippen molar-refractivity contribution in [3.63, 3.8) is 0 Å². The van der Waals surface area contributed by atoms with Gasteiger partial charge in [-0.15, -0.1) is 12.4 Å². The van der Waals surface area contributed by atoms with E-state index in [0.29, 0.717) is 17.4 Å². The molecule has 6 heteroatoms. The highest BCUT2D eigenvalue weighted by Crippen LogP contribution is 2.51. The van der Waals surface area contributed by atoms with Gasteiger partial charge < -0.3 is 4.90 Å². The monoisotopic (exact) mass is 375 g/mol. The van der Waals surface area contributed by atoms with E-state index in [1.807, 2.05) is 12.1 Å². The van der Waals surface area contributed by atoms with Gasteiger partial charge in [-0.1, -0.05) is 12.1 Å². The topological polar surface area (TPSA) is 36.4 Å². The van der Waals surface area contributed by atoms with Crippen molar-refractivity contribution in [3.05, 3.63) is 54.1 Å². The highest BCUT2D eigenvalue weighted by Gasteiger charge is 2.53. The fraction of sp³-hybridized carbons (Fsp3) is 0.400. The molecule has 1 amide bonds. The number of hydrogen-bond acceptors (Lipinski definition) is 3. The second-order valence-electron chi connectivity index (χ2n) is 7.20. The van der Waals surface area contributed by atoms with E-state index in [0.717, 1.165) is 31.5 Å². The van der Waals surface area contributed by atoms with E-state index in [-0.39, 0.29) is 24.1 Å². The van der Waals surface area contributed by atoms with E-state index in [4.69, 9.17) is 0 Å². The van der Waals surface area contributed by atoms with Gasteiger partial charge in [0.05, 0.1) is 23.0 Å². The summed E-state index contributed by atoms with van der Waals surface area (Å²) in [6.45, 7) is 6.04. The Morgan fingerprint density at radius 1 is 1.15 bits per heavy atom. The minimum absolute atomic E-state index is 0. The van der Waals surface area contributed by atoms with Crippen molar-refractivity contribution in [1.29, 1.82) is 0 Å². The van der Waals surface area contributed by atoms with Gasteiger partial charge in [-0.2, -0.15) is 0 Å². The van der Waals surface area contributed by atoms with Gasteiger partial charge in [0.25, 0.3) is 0 Å². The van der Waals surface area contributed by atoms with Crippen LogP contribution >= 0.6 is 12.4 Å². The van der Waals surface area contributed by atoms with Crippen LogP contribution in [-0.2, 0) is 10.2 Å². The number of piperidine rings is 1. The predicted molar refractivity (Wildman–Crippen MR) is 103 cm³/mol. The SMILES string of the molecule is CC(C)N1CCC2(CC1)C(=O)N(c1cccnc1)c1c(F)cccc12.Cl. The molecule has 138 valence electrons. The fourth-order valence-electron chi connectivity index (χ4n) is 4.20. The number of benzene rings is 1. The lowest BCUT2D eigenvalue weighted by molar-refractivity contribution is -0.124. The third-order valence-corrected chi connectivity index (χ3v) is 5.62. The number of carbonyl (C=O) groups excluding carboxylic acids is 1. The van der Waals surface area contributed by atoms with Gasteiger partial charge in [0, 0.05) is 12.2 Å². The van der Waals surface area contributed by atoms with E-state index in [2.05, 4.69) is 23.7 Å². The zero-order valence-electron chi connectivity index (χ0n) is 15.0. The number of para-hydroxylation sites is 1. The second-order valence-corrected chi connectivity index (χ2v) is 7.20. The van der Waals surface area contributed by atoms with Crippen LogP contribution in [0.5, 0.6) is 0 Å². The summed E-state index contributed by atoms with van der Waals surface area (Å²) in [4.78, 5) is 21.5. The second kappa shape index (κ2) is 6.97. The molecule has 1 aromatic carbocycles. The molecule has 3 heterocycles. The van der Waals surface area contributed by atoms with Crippen LogP contribution in [0.3, 0.4) is 0 Å². The molecule has 4 rings (SSSR count). The Bertz CT molecular complexity index is 804. The molecular formula is C20H23ClFN3O. The average molecular weight is 376 g/mol. The maximum absolute atomic E-state index is 14.7. The molecule has 0 saturated carbocycles. The predicted octanol–water partition coefficient (Wildman–Crippen LogP) is 4.06. The number of anilines is 2. The van der Waals surface area contributed by atoms with Crippen LogP contribution in [-0.4, -0.2) is 34.9 Å². The molecule has 2 aromatic rings. The van der Waals surface area contributed by atoms with Crippen LogP contribution in [0.25, 0.3) is 0 Å². The first-order chi connectivity index (χ1) is 12.0. The van der Waals surface area contributed by atoms with Crippen molar-refractivity contribution in [2.24, 2.45) is 0 Å².